The van der Waals surface area contributed by atoms with E-state index in [-0.39, 0.29) is 13.4 Å². The number of nitrogens with zero attached hydrogens (tertiary/aromatic N) is 2. The lowest BCUT2D eigenvalue weighted by atomic mass is 9.32. The maximum absolute atomic E-state index is 2.69. The Balaban J connectivity index is 1.22. The molecule has 0 N–H and O–H groups in total. The van der Waals surface area contributed by atoms with Gasteiger partial charge in [-0.05, 0) is 181 Å². The van der Waals surface area contributed by atoms with E-state index in [9.17, 15) is 0 Å². The van der Waals surface area contributed by atoms with E-state index in [2.05, 4.69) is 237 Å². The maximum atomic E-state index is 2.69. The number of hydrogen-bond acceptors (Lipinski definition) is 2. The summed E-state index contributed by atoms with van der Waals surface area (Å²) in [6.45, 7) is 22.8. The highest BCUT2D eigenvalue weighted by Gasteiger charge is 2.48. The lowest BCUT2D eigenvalue weighted by Crippen LogP contribution is -2.62. The first-order valence-corrected chi connectivity index (χ1v) is 25.2. The minimum atomic E-state index is -0.0290. The van der Waals surface area contributed by atoms with Crippen molar-refractivity contribution in [1.29, 1.82) is 0 Å². The van der Waals surface area contributed by atoms with Gasteiger partial charge in [-0.3, -0.25) is 0 Å². The second-order valence-corrected chi connectivity index (χ2v) is 21.0. The summed E-state index contributed by atoms with van der Waals surface area (Å²) in [6, 6.07) is 61.3. The summed E-state index contributed by atoms with van der Waals surface area (Å²) in [5.41, 5.74) is 34.0. The Morgan fingerprint density at radius 1 is 0.300 bits per heavy atom. The van der Waals surface area contributed by atoms with Crippen LogP contribution in [-0.2, 0) is 0 Å². The first-order chi connectivity index (χ1) is 33.9. The third-order valence-corrected chi connectivity index (χ3v) is 16.3. The van der Waals surface area contributed by atoms with Gasteiger partial charge < -0.3 is 9.80 Å². The summed E-state index contributed by atoms with van der Waals surface area (Å²) >= 11 is 0. The van der Waals surface area contributed by atoms with Crippen LogP contribution in [0.5, 0.6) is 0 Å². The summed E-state index contributed by atoms with van der Waals surface area (Å²) in [5, 5.41) is 5.11. The number of fused-ring (bicyclic) bond motifs is 10. The van der Waals surface area contributed by atoms with Crippen molar-refractivity contribution in [2.24, 2.45) is 0 Å². The predicted molar refractivity (Wildman–Crippen MR) is 305 cm³/mol. The maximum Gasteiger partial charge on any atom is 0.248 e. The topological polar surface area (TPSA) is 6.48 Å². The molecule has 10 aromatic carbocycles. The van der Waals surface area contributed by atoms with Crippen LogP contribution in [0.2, 0.25) is 0 Å². The zero-order valence-electron chi connectivity index (χ0n) is 42.1. The molecular weight excluding hydrogens is 842 g/mol. The van der Waals surface area contributed by atoms with Gasteiger partial charge in [0, 0.05) is 11.4 Å². The molecule has 0 aromatic heterocycles. The molecule has 3 aliphatic heterocycles. The van der Waals surface area contributed by atoms with E-state index < -0.39 is 0 Å². The molecule has 2 nitrogen and oxygen atoms in total. The molecule has 10 aromatic rings. The van der Waals surface area contributed by atoms with Crippen LogP contribution in [0.3, 0.4) is 0 Å². The number of hydrogen-bond donors (Lipinski definition) is 0. The molecule has 13 rings (SSSR count). The molecule has 0 saturated carbocycles. The Morgan fingerprint density at radius 3 is 1.03 bits per heavy atom. The molecule has 0 aliphatic carbocycles. The van der Waals surface area contributed by atoms with Crippen LogP contribution in [-0.4, -0.2) is 13.4 Å². The van der Waals surface area contributed by atoms with Crippen molar-refractivity contribution >= 4 is 102 Å². The van der Waals surface area contributed by atoms with Gasteiger partial charge in [0.15, 0.2) is 0 Å². The quantitative estimate of drug-likeness (QED) is 0.162. The van der Waals surface area contributed by atoms with E-state index in [4.69, 9.17) is 0 Å². The summed E-state index contributed by atoms with van der Waals surface area (Å²) in [6.07, 6.45) is 0. The Bertz CT molecular complexity index is 3590. The van der Waals surface area contributed by atoms with Crippen molar-refractivity contribution in [3.8, 4) is 22.3 Å². The van der Waals surface area contributed by atoms with Gasteiger partial charge in [-0.1, -0.05) is 178 Å². The molecule has 0 amide bonds. The number of aryl methyl sites for hydroxylation is 10. The molecule has 336 valence electrons. The van der Waals surface area contributed by atoms with E-state index in [1.54, 1.807) is 0 Å². The van der Waals surface area contributed by atoms with Crippen molar-refractivity contribution in [3.63, 3.8) is 0 Å². The molecule has 0 spiro atoms. The van der Waals surface area contributed by atoms with Gasteiger partial charge in [0.2, 0.25) is 13.4 Å². The van der Waals surface area contributed by atoms with Gasteiger partial charge >= 0.3 is 0 Å². The summed E-state index contributed by atoms with van der Waals surface area (Å²) in [5.74, 6) is 0. The third-order valence-electron chi connectivity index (χ3n) is 16.3. The van der Waals surface area contributed by atoms with E-state index in [0.717, 1.165) is 0 Å². The summed E-state index contributed by atoms with van der Waals surface area (Å²) in [7, 11) is 0. The molecule has 0 fully saturated rings. The van der Waals surface area contributed by atoms with Crippen LogP contribution in [0.4, 0.5) is 34.1 Å². The van der Waals surface area contributed by atoms with Gasteiger partial charge in [-0.25, -0.2) is 0 Å². The minimum Gasteiger partial charge on any atom is -0.307 e. The lowest BCUT2D eigenvalue weighted by Gasteiger charge is -2.50. The Labute approximate surface area is 414 Å². The molecule has 3 aliphatic rings. The highest BCUT2D eigenvalue weighted by atomic mass is 15.3. The molecule has 0 radical (unpaired) electrons. The zero-order chi connectivity index (χ0) is 48.0. The lowest BCUT2D eigenvalue weighted by molar-refractivity contribution is 1.19. The Hall–Kier alpha value is -7.55. The molecule has 0 bridgehead atoms. The normalized spacial score (nSPS) is 13.2. The van der Waals surface area contributed by atoms with Crippen LogP contribution in [0.15, 0.2) is 158 Å². The van der Waals surface area contributed by atoms with Gasteiger partial charge in [0.25, 0.3) is 0 Å². The molecule has 0 atom stereocenters. The van der Waals surface area contributed by atoms with Gasteiger partial charge in [0.1, 0.15) is 0 Å². The van der Waals surface area contributed by atoms with Crippen molar-refractivity contribution < 1.29 is 0 Å². The van der Waals surface area contributed by atoms with Gasteiger partial charge in [-0.2, -0.15) is 0 Å². The van der Waals surface area contributed by atoms with E-state index in [1.807, 2.05) is 0 Å². The first-order valence-electron chi connectivity index (χ1n) is 25.2. The largest absolute Gasteiger partial charge is 0.307 e. The summed E-state index contributed by atoms with van der Waals surface area (Å²) < 4.78 is 0. The fraction of sp³-hybridized carbons (Fsp3) is 0.152. The Morgan fingerprint density at radius 2 is 0.657 bits per heavy atom. The van der Waals surface area contributed by atoms with Crippen LogP contribution in [0.1, 0.15) is 55.6 Å². The number of rotatable bonds is 4. The number of anilines is 6. The van der Waals surface area contributed by atoms with Crippen molar-refractivity contribution in [3.05, 3.63) is 213 Å². The smallest absolute Gasteiger partial charge is 0.248 e. The third kappa shape index (κ3) is 6.02. The van der Waals surface area contributed by atoms with Gasteiger partial charge in [0.05, 0.1) is 22.7 Å². The Kier molecular flexibility index (Phi) is 9.41. The van der Waals surface area contributed by atoms with Crippen LogP contribution in [0, 0.1) is 69.2 Å². The second kappa shape index (κ2) is 15.5. The number of benzene rings is 10. The molecule has 0 unspecified atom stereocenters. The molecular formula is C66H56B2N2. The average molecular weight is 899 g/mol. The monoisotopic (exact) mass is 898 g/mol. The summed E-state index contributed by atoms with van der Waals surface area (Å²) in [4.78, 5) is 5.39. The van der Waals surface area contributed by atoms with Gasteiger partial charge in [-0.15, -0.1) is 0 Å². The molecule has 4 heteroatoms. The van der Waals surface area contributed by atoms with E-state index in [0.29, 0.717) is 0 Å². The molecule has 3 heterocycles. The predicted octanol–water partition coefficient (Wildman–Crippen LogP) is 13.3. The fourth-order valence-corrected chi connectivity index (χ4v) is 13.9. The standard InChI is InChI=1S/C66H56B2N2/c1-37-29-43(7)61(44(8)30-37)67-53-33-49(59-39(3)17-15-18-40(59)4)25-27-55(53)69-58-36-48-22-12-14-24-52(48)64-66(58)70(57-35-47-21-11-13-23-51(47)63(67)65(57)69)56-28-26-50(60-41(5)19-16-20-42(60)6)34-54(56)68(64)62-45(9)31-38(2)32-46(62)10/h11-36H,1-10H3. The zero-order valence-corrected chi connectivity index (χ0v) is 42.1. The molecule has 70 heavy (non-hydrogen) atoms. The second-order valence-electron chi connectivity index (χ2n) is 21.0. The van der Waals surface area contributed by atoms with E-state index in [1.165, 1.54) is 166 Å². The van der Waals surface area contributed by atoms with Crippen LogP contribution in [0.25, 0.3) is 43.8 Å². The molecule has 0 saturated heterocycles. The first kappa shape index (κ1) is 42.5. The highest BCUT2D eigenvalue weighted by Crippen LogP contribution is 2.57. The fourth-order valence-electron chi connectivity index (χ4n) is 13.9. The SMILES string of the molecule is Cc1cc(C)c(B2c3cc(-c4c(C)cccc4C)ccc3N3c4cc5ccccc5c5c4N(c4ccc(-c6c(C)cccc6C)cc4B5c4c(C)cc(C)cc4C)c4cc5ccccc5c2c43)c(C)c1. The van der Waals surface area contributed by atoms with Crippen molar-refractivity contribution in [2.45, 2.75) is 69.2 Å². The van der Waals surface area contributed by atoms with Crippen LogP contribution < -0.4 is 42.6 Å². The van der Waals surface area contributed by atoms with Crippen molar-refractivity contribution in [1.82, 2.24) is 0 Å². The van der Waals surface area contributed by atoms with E-state index >= 15 is 0 Å². The average Bonchev–Trinajstić information content (AvgIpc) is 3.32. The minimum absolute atomic E-state index is 0.0290. The van der Waals surface area contributed by atoms with Crippen LogP contribution >= 0.6 is 0 Å². The highest BCUT2D eigenvalue weighted by molar-refractivity contribution is 7.01. The van der Waals surface area contributed by atoms with Crippen molar-refractivity contribution in [2.75, 3.05) is 9.80 Å².